The fourth-order valence-electron chi connectivity index (χ4n) is 3.90. The number of piperazine rings is 1. The number of carbonyl (C=O) groups excluding carboxylic acids is 1. The van der Waals surface area contributed by atoms with E-state index in [1.54, 1.807) is 11.8 Å². The van der Waals surface area contributed by atoms with Gasteiger partial charge in [0.15, 0.2) is 5.16 Å². The van der Waals surface area contributed by atoms with Crippen molar-refractivity contribution >= 4 is 23.5 Å². The zero-order chi connectivity index (χ0) is 20.9. The molecule has 1 amide bonds. The van der Waals surface area contributed by atoms with Crippen LogP contribution >= 0.6 is 11.8 Å². The normalized spacial score (nSPS) is 17.5. The average Bonchev–Trinajstić information content (AvgIpc) is 3.33. The van der Waals surface area contributed by atoms with E-state index in [0.29, 0.717) is 0 Å². The lowest BCUT2D eigenvalue weighted by Crippen LogP contribution is -2.44. The SMILES string of the molecule is CCc1cc(N2CCN(C)CC2)nc(SCc2ccc(C(=O)N3CCCC3)cc2)n1. The first kappa shape index (κ1) is 21.1. The Morgan fingerprint density at radius 3 is 2.37 bits per heavy atom. The Morgan fingerprint density at radius 2 is 1.70 bits per heavy atom. The first-order chi connectivity index (χ1) is 14.6. The average molecular weight is 426 g/mol. The molecule has 0 saturated carbocycles. The number of rotatable bonds is 6. The van der Waals surface area contributed by atoms with E-state index < -0.39 is 0 Å². The lowest BCUT2D eigenvalue weighted by Gasteiger charge is -2.33. The Balaban J connectivity index is 1.40. The molecule has 2 aliphatic rings. The largest absolute Gasteiger partial charge is 0.354 e. The van der Waals surface area contributed by atoms with E-state index in [1.165, 1.54) is 5.56 Å². The summed E-state index contributed by atoms with van der Waals surface area (Å²) >= 11 is 1.67. The molecule has 4 rings (SSSR count). The number of likely N-dealkylation sites (N-methyl/N-ethyl adjacent to an activating group) is 1. The first-order valence-corrected chi connectivity index (χ1v) is 11.9. The maximum Gasteiger partial charge on any atom is 0.253 e. The highest BCUT2D eigenvalue weighted by molar-refractivity contribution is 7.98. The molecule has 0 aliphatic carbocycles. The maximum absolute atomic E-state index is 12.5. The van der Waals surface area contributed by atoms with Crippen molar-refractivity contribution < 1.29 is 4.79 Å². The molecule has 6 nitrogen and oxygen atoms in total. The standard InChI is InChI=1S/C23H31N5OS/c1-3-20-16-21(27-14-12-26(2)13-15-27)25-23(24-20)30-17-18-6-8-19(9-7-18)22(29)28-10-4-5-11-28/h6-9,16H,3-5,10-15,17H2,1-2H3. The Labute approximate surface area is 183 Å². The zero-order valence-electron chi connectivity index (χ0n) is 18.0. The Kier molecular flexibility index (Phi) is 6.89. The highest BCUT2D eigenvalue weighted by Gasteiger charge is 2.19. The molecule has 3 heterocycles. The molecular weight excluding hydrogens is 394 g/mol. The summed E-state index contributed by atoms with van der Waals surface area (Å²) in [7, 11) is 2.17. The molecule has 1 aromatic heterocycles. The number of thioether (sulfide) groups is 1. The summed E-state index contributed by atoms with van der Waals surface area (Å²) in [6, 6.07) is 10.2. The van der Waals surface area contributed by atoms with Crippen LogP contribution in [-0.4, -0.2) is 72.0 Å². The minimum atomic E-state index is 0.155. The molecule has 0 spiro atoms. The minimum Gasteiger partial charge on any atom is -0.354 e. The molecule has 1 aromatic carbocycles. The summed E-state index contributed by atoms with van der Waals surface area (Å²) in [4.78, 5) is 28.8. The van der Waals surface area contributed by atoms with Crippen LogP contribution in [0.25, 0.3) is 0 Å². The third-order valence-corrected chi connectivity index (χ3v) is 6.82. The van der Waals surface area contributed by atoms with Gasteiger partial charge in [0.1, 0.15) is 5.82 Å². The molecular formula is C23H31N5OS. The Hall–Kier alpha value is -2.12. The van der Waals surface area contributed by atoms with E-state index >= 15 is 0 Å². The van der Waals surface area contributed by atoms with Crippen LogP contribution in [0.15, 0.2) is 35.5 Å². The first-order valence-electron chi connectivity index (χ1n) is 10.9. The van der Waals surface area contributed by atoms with Crippen molar-refractivity contribution in [2.75, 3.05) is 51.2 Å². The maximum atomic E-state index is 12.5. The predicted molar refractivity (Wildman–Crippen MR) is 122 cm³/mol. The molecule has 2 aromatic rings. The Morgan fingerprint density at radius 1 is 1.00 bits per heavy atom. The third kappa shape index (κ3) is 5.13. The third-order valence-electron chi connectivity index (χ3n) is 5.90. The van der Waals surface area contributed by atoms with Gasteiger partial charge in [0.2, 0.25) is 0 Å². The van der Waals surface area contributed by atoms with Gasteiger partial charge in [-0.25, -0.2) is 9.97 Å². The van der Waals surface area contributed by atoms with Crippen molar-refractivity contribution in [3.63, 3.8) is 0 Å². The zero-order valence-corrected chi connectivity index (χ0v) is 18.8. The number of nitrogens with zero attached hydrogens (tertiary/aromatic N) is 5. The van der Waals surface area contributed by atoms with Crippen LogP contribution in [0.4, 0.5) is 5.82 Å². The van der Waals surface area contributed by atoms with Gasteiger partial charge in [-0.3, -0.25) is 4.79 Å². The topological polar surface area (TPSA) is 52.6 Å². The summed E-state index contributed by atoms with van der Waals surface area (Å²) in [5.74, 6) is 2.00. The molecule has 0 bridgehead atoms. The lowest BCUT2D eigenvalue weighted by atomic mass is 10.1. The number of anilines is 1. The number of benzene rings is 1. The molecule has 30 heavy (non-hydrogen) atoms. The van der Waals surface area contributed by atoms with Crippen LogP contribution in [-0.2, 0) is 12.2 Å². The van der Waals surface area contributed by atoms with Crippen LogP contribution in [0.5, 0.6) is 0 Å². The van der Waals surface area contributed by atoms with Crippen molar-refractivity contribution in [2.24, 2.45) is 0 Å². The van der Waals surface area contributed by atoms with Gasteiger partial charge in [0, 0.05) is 62.3 Å². The van der Waals surface area contributed by atoms with Gasteiger partial charge < -0.3 is 14.7 Å². The molecule has 0 unspecified atom stereocenters. The summed E-state index contributed by atoms with van der Waals surface area (Å²) in [5, 5.41) is 0.834. The van der Waals surface area contributed by atoms with E-state index in [0.717, 1.165) is 86.5 Å². The van der Waals surface area contributed by atoms with Crippen molar-refractivity contribution in [1.82, 2.24) is 19.8 Å². The highest BCUT2D eigenvalue weighted by atomic mass is 32.2. The molecule has 2 saturated heterocycles. The molecule has 2 aliphatic heterocycles. The summed E-state index contributed by atoms with van der Waals surface area (Å²) < 4.78 is 0. The van der Waals surface area contributed by atoms with E-state index in [1.807, 2.05) is 17.0 Å². The van der Waals surface area contributed by atoms with Crippen molar-refractivity contribution in [1.29, 1.82) is 0 Å². The van der Waals surface area contributed by atoms with Crippen molar-refractivity contribution in [3.8, 4) is 0 Å². The molecule has 0 N–H and O–H groups in total. The molecule has 0 radical (unpaired) electrons. The number of aryl methyl sites for hydroxylation is 1. The van der Waals surface area contributed by atoms with Crippen LogP contribution < -0.4 is 4.90 Å². The van der Waals surface area contributed by atoms with Crippen LogP contribution in [0, 0.1) is 0 Å². The number of aromatic nitrogens is 2. The molecule has 160 valence electrons. The van der Waals surface area contributed by atoms with E-state index in [-0.39, 0.29) is 5.91 Å². The minimum absolute atomic E-state index is 0.155. The fraction of sp³-hybridized carbons (Fsp3) is 0.522. The van der Waals surface area contributed by atoms with Crippen molar-refractivity contribution in [3.05, 3.63) is 47.2 Å². The number of likely N-dealkylation sites (tertiary alicyclic amines) is 1. The summed E-state index contributed by atoms with van der Waals surface area (Å²) in [6.07, 6.45) is 3.14. The second kappa shape index (κ2) is 9.79. The number of amides is 1. The Bertz CT molecular complexity index is 858. The monoisotopic (exact) mass is 425 g/mol. The lowest BCUT2D eigenvalue weighted by molar-refractivity contribution is 0.0793. The number of hydrogen-bond acceptors (Lipinski definition) is 6. The van der Waals surface area contributed by atoms with Crippen LogP contribution in [0.1, 0.15) is 41.4 Å². The van der Waals surface area contributed by atoms with Crippen LogP contribution in [0.3, 0.4) is 0 Å². The second-order valence-corrected chi connectivity index (χ2v) is 9.07. The van der Waals surface area contributed by atoms with Gasteiger partial charge in [0.25, 0.3) is 5.91 Å². The molecule has 0 atom stereocenters. The van der Waals surface area contributed by atoms with Gasteiger partial charge >= 0.3 is 0 Å². The summed E-state index contributed by atoms with van der Waals surface area (Å²) in [6.45, 7) is 8.06. The smallest absolute Gasteiger partial charge is 0.253 e. The second-order valence-electron chi connectivity index (χ2n) is 8.13. The number of carbonyl (C=O) groups is 1. The van der Waals surface area contributed by atoms with Gasteiger partial charge in [0.05, 0.1) is 0 Å². The highest BCUT2D eigenvalue weighted by Crippen LogP contribution is 2.24. The van der Waals surface area contributed by atoms with E-state index in [9.17, 15) is 4.79 Å². The predicted octanol–water partition coefficient (Wildman–Crippen LogP) is 3.32. The van der Waals surface area contributed by atoms with Gasteiger partial charge in [-0.1, -0.05) is 30.8 Å². The van der Waals surface area contributed by atoms with Gasteiger partial charge in [-0.05, 0) is 44.0 Å². The fourth-order valence-corrected chi connectivity index (χ4v) is 4.72. The van der Waals surface area contributed by atoms with Gasteiger partial charge in [-0.2, -0.15) is 0 Å². The molecule has 2 fully saturated rings. The molecule has 7 heteroatoms. The van der Waals surface area contributed by atoms with E-state index in [2.05, 4.69) is 42.0 Å². The van der Waals surface area contributed by atoms with Crippen molar-refractivity contribution in [2.45, 2.75) is 37.1 Å². The quantitative estimate of drug-likeness (QED) is 0.523. The van der Waals surface area contributed by atoms with E-state index in [4.69, 9.17) is 9.97 Å². The van der Waals surface area contributed by atoms with Gasteiger partial charge in [-0.15, -0.1) is 0 Å². The van der Waals surface area contributed by atoms with Crippen LogP contribution in [0.2, 0.25) is 0 Å². The summed E-state index contributed by atoms with van der Waals surface area (Å²) in [5.41, 5.74) is 3.06. The number of hydrogen-bond donors (Lipinski definition) is 0.